The van der Waals surface area contributed by atoms with E-state index in [1.165, 1.54) is 7.11 Å². The number of hydrogen-bond acceptors (Lipinski definition) is 4. The molecule has 2 heterocycles. The summed E-state index contributed by atoms with van der Waals surface area (Å²) >= 11 is 0. The number of amides is 1. The average molecular weight is 391 g/mol. The van der Waals surface area contributed by atoms with E-state index in [0.29, 0.717) is 24.1 Å². The van der Waals surface area contributed by atoms with E-state index in [0.717, 1.165) is 48.1 Å². The maximum absolute atomic E-state index is 12.7. The molecule has 0 radical (unpaired) electrons. The number of aryl methyl sites for hydroxylation is 1. The standard InChI is InChI=1S/C23H25N3O3/c1-29-23(28)16-8-10-21(26-12-4-5-13-26)20(14-16)25-22(27)11-9-17-15-24-19-7-3-2-6-18(17)19/h2-3,6-8,10,14-15,24H,4-5,9,11-13H2,1H3,(H,25,27). The van der Waals surface area contributed by atoms with Crippen molar-refractivity contribution in [3.05, 3.63) is 59.8 Å². The Morgan fingerprint density at radius 2 is 1.93 bits per heavy atom. The molecule has 1 amide bonds. The van der Waals surface area contributed by atoms with E-state index in [2.05, 4.69) is 21.3 Å². The summed E-state index contributed by atoms with van der Waals surface area (Å²) in [5.41, 5.74) is 4.25. The summed E-state index contributed by atoms with van der Waals surface area (Å²) < 4.78 is 4.83. The number of esters is 1. The van der Waals surface area contributed by atoms with E-state index in [-0.39, 0.29) is 5.91 Å². The fourth-order valence-corrected chi connectivity index (χ4v) is 3.91. The predicted octanol–water partition coefficient (Wildman–Crippen LogP) is 4.13. The Morgan fingerprint density at radius 1 is 1.14 bits per heavy atom. The van der Waals surface area contributed by atoms with E-state index in [1.54, 1.807) is 12.1 Å². The molecule has 0 unspecified atom stereocenters. The van der Waals surface area contributed by atoms with E-state index in [4.69, 9.17) is 4.74 Å². The van der Waals surface area contributed by atoms with Crippen LogP contribution in [0.3, 0.4) is 0 Å². The fraction of sp³-hybridized carbons (Fsp3) is 0.304. The van der Waals surface area contributed by atoms with Gasteiger partial charge in [-0.25, -0.2) is 4.79 Å². The van der Waals surface area contributed by atoms with Crippen molar-refractivity contribution in [3.63, 3.8) is 0 Å². The molecule has 1 saturated heterocycles. The lowest BCUT2D eigenvalue weighted by atomic mass is 10.1. The van der Waals surface area contributed by atoms with Crippen LogP contribution in [-0.4, -0.2) is 37.1 Å². The summed E-state index contributed by atoms with van der Waals surface area (Å²) in [5.74, 6) is -0.481. The molecular weight excluding hydrogens is 366 g/mol. The second kappa shape index (κ2) is 8.39. The van der Waals surface area contributed by atoms with Gasteiger partial charge in [-0.2, -0.15) is 0 Å². The maximum Gasteiger partial charge on any atom is 0.337 e. The van der Waals surface area contributed by atoms with Crippen molar-refractivity contribution >= 4 is 34.2 Å². The van der Waals surface area contributed by atoms with Gasteiger partial charge >= 0.3 is 5.97 Å². The molecule has 1 aliphatic heterocycles. The van der Waals surface area contributed by atoms with Gasteiger partial charge in [0.05, 0.1) is 24.0 Å². The van der Waals surface area contributed by atoms with Gasteiger partial charge in [-0.1, -0.05) is 18.2 Å². The first-order chi connectivity index (χ1) is 14.2. The quantitative estimate of drug-likeness (QED) is 0.620. The number of rotatable bonds is 6. The molecule has 0 aliphatic carbocycles. The van der Waals surface area contributed by atoms with Gasteiger partial charge in [0.25, 0.3) is 0 Å². The van der Waals surface area contributed by atoms with Crippen LogP contribution in [0, 0.1) is 0 Å². The number of aromatic nitrogens is 1. The van der Waals surface area contributed by atoms with Crippen LogP contribution >= 0.6 is 0 Å². The molecule has 29 heavy (non-hydrogen) atoms. The van der Waals surface area contributed by atoms with Crippen molar-refractivity contribution in [2.75, 3.05) is 30.4 Å². The van der Waals surface area contributed by atoms with Gasteiger partial charge in [-0.15, -0.1) is 0 Å². The first-order valence-electron chi connectivity index (χ1n) is 9.98. The molecule has 0 spiro atoms. The minimum atomic E-state index is -0.410. The zero-order valence-electron chi connectivity index (χ0n) is 16.5. The normalized spacial score (nSPS) is 13.6. The number of benzene rings is 2. The smallest absolute Gasteiger partial charge is 0.337 e. The number of para-hydroxylation sites is 1. The Balaban J connectivity index is 1.50. The van der Waals surface area contributed by atoms with Gasteiger partial charge in [-0.3, -0.25) is 4.79 Å². The SMILES string of the molecule is COC(=O)c1ccc(N2CCCC2)c(NC(=O)CCc2c[nH]c3ccccc23)c1. The van der Waals surface area contributed by atoms with Crippen LogP contribution in [-0.2, 0) is 16.0 Å². The highest BCUT2D eigenvalue weighted by Gasteiger charge is 2.19. The zero-order valence-corrected chi connectivity index (χ0v) is 16.5. The third-order valence-corrected chi connectivity index (χ3v) is 5.43. The molecule has 1 fully saturated rings. The number of carbonyl (C=O) groups is 2. The molecule has 150 valence electrons. The summed E-state index contributed by atoms with van der Waals surface area (Å²) in [6, 6.07) is 13.4. The van der Waals surface area contributed by atoms with Crippen LogP contribution in [0.4, 0.5) is 11.4 Å². The Hall–Kier alpha value is -3.28. The number of fused-ring (bicyclic) bond motifs is 1. The number of ether oxygens (including phenoxy) is 1. The number of aromatic amines is 1. The van der Waals surface area contributed by atoms with E-state index in [9.17, 15) is 9.59 Å². The summed E-state index contributed by atoms with van der Waals surface area (Å²) in [4.78, 5) is 30.1. The lowest BCUT2D eigenvalue weighted by Gasteiger charge is -2.22. The minimum Gasteiger partial charge on any atom is -0.465 e. The number of hydrogen-bond donors (Lipinski definition) is 2. The van der Waals surface area contributed by atoms with Crippen molar-refractivity contribution in [3.8, 4) is 0 Å². The van der Waals surface area contributed by atoms with Gasteiger partial charge in [0.2, 0.25) is 5.91 Å². The van der Waals surface area contributed by atoms with Gasteiger partial charge in [0.15, 0.2) is 0 Å². The Kier molecular flexibility index (Phi) is 5.51. The zero-order chi connectivity index (χ0) is 20.2. The molecule has 3 aromatic rings. The largest absolute Gasteiger partial charge is 0.465 e. The monoisotopic (exact) mass is 391 g/mol. The van der Waals surface area contributed by atoms with Crippen LogP contribution in [0.2, 0.25) is 0 Å². The molecule has 0 bridgehead atoms. The fourth-order valence-electron chi connectivity index (χ4n) is 3.91. The number of carbonyl (C=O) groups excluding carboxylic acids is 2. The van der Waals surface area contributed by atoms with Gasteiger partial charge in [0, 0.05) is 36.6 Å². The third kappa shape index (κ3) is 4.11. The van der Waals surface area contributed by atoms with Crippen molar-refractivity contribution < 1.29 is 14.3 Å². The van der Waals surface area contributed by atoms with Gasteiger partial charge in [-0.05, 0) is 49.1 Å². The van der Waals surface area contributed by atoms with Crippen molar-refractivity contribution in [2.45, 2.75) is 25.7 Å². The first-order valence-corrected chi connectivity index (χ1v) is 9.98. The van der Waals surface area contributed by atoms with Crippen LogP contribution < -0.4 is 10.2 Å². The Morgan fingerprint density at radius 3 is 2.72 bits per heavy atom. The van der Waals surface area contributed by atoms with E-state index < -0.39 is 5.97 Å². The average Bonchev–Trinajstić information content (AvgIpc) is 3.42. The molecule has 2 N–H and O–H groups in total. The molecule has 2 aromatic carbocycles. The van der Waals surface area contributed by atoms with Crippen molar-refractivity contribution in [1.29, 1.82) is 0 Å². The number of nitrogens with one attached hydrogen (secondary N) is 2. The van der Waals surface area contributed by atoms with Gasteiger partial charge < -0.3 is 19.9 Å². The minimum absolute atomic E-state index is 0.0715. The predicted molar refractivity (Wildman–Crippen MR) is 114 cm³/mol. The second-order valence-electron chi connectivity index (χ2n) is 7.33. The van der Waals surface area contributed by atoms with Crippen molar-refractivity contribution in [1.82, 2.24) is 4.98 Å². The highest BCUT2D eigenvalue weighted by atomic mass is 16.5. The molecule has 6 heteroatoms. The number of anilines is 2. The number of methoxy groups -OCH3 is 1. The van der Waals surface area contributed by atoms with Crippen LogP contribution in [0.25, 0.3) is 10.9 Å². The summed E-state index contributed by atoms with van der Waals surface area (Å²) in [5, 5.41) is 4.16. The van der Waals surface area contributed by atoms with E-state index >= 15 is 0 Å². The highest BCUT2D eigenvalue weighted by Crippen LogP contribution is 2.30. The highest BCUT2D eigenvalue weighted by molar-refractivity contribution is 5.98. The van der Waals surface area contributed by atoms with Crippen LogP contribution in [0.1, 0.15) is 35.2 Å². The molecule has 4 rings (SSSR count). The first kappa shape index (κ1) is 19.1. The molecule has 1 aromatic heterocycles. The Labute approximate surface area is 169 Å². The van der Waals surface area contributed by atoms with Gasteiger partial charge in [0.1, 0.15) is 0 Å². The Bertz CT molecular complexity index is 1030. The molecule has 6 nitrogen and oxygen atoms in total. The summed E-state index contributed by atoms with van der Waals surface area (Å²) in [6.45, 7) is 1.91. The molecule has 1 aliphatic rings. The number of nitrogens with zero attached hydrogens (tertiary/aromatic N) is 1. The topological polar surface area (TPSA) is 74.4 Å². The summed E-state index contributed by atoms with van der Waals surface area (Å²) in [6.07, 6.45) is 5.24. The molecule has 0 atom stereocenters. The van der Waals surface area contributed by atoms with Crippen molar-refractivity contribution in [2.24, 2.45) is 0 Å². The molecule has 0 saturated carbocycles. The lowest BCUT2D eigenvalue weighted by molar-refractivity contribution is -0.116. The molecular formula is C23H25N3O3. The maximum atomic E-state index is 12.7. The third-order valence-electron chi connectivity index (χ3n) is 5.43. The van der Waals surface area contributed by atoms with Crippen LogP contribution in [0.5, 0.6) is 0 Å². The second-order valence-corrected chi connectivity index (χ2v) is 7.33. The van der Waals surface area contributed by atoms with E-state index in [1.807, 2.05) is 30.5 Å². The van der Waals surface area contributed by atoms with Crippen LogP contribution in [0.15, 0.2) is 48.7 Å². The summed E-state index contributed by atoms with van der Waals surface area (Å²) in [7, 11) is 1.36. The lowest BCUT2D eigenvalue weighted by Crippen LogP contribution is -2.21. The number of H-pyrrole nitrogens is 1.